The highest BCUT2D eigenvalue weighted by Gasteiger charge is 2.10. The lowest BCUT2D eigenvalue weighted by Crippen LogP contribution is -2.14. The van der Waals surface area contributed by atoms with E-state index in [1.165, 1.54) is 6.07 Å². The first kappa shape index (κ1) is 13.5. The van der Waals surface area contributed by atoms with Crippen molar-refractivity contribution >= 4 is 28.1 Å². The van der Waals surface area contributed by atoms with Crippen molar-refractivity contribution < 1.29 is 14.1 Å². The minimum absolute atomic E-state index is 0.0756. The summed E-state index contributed by atoms with van der Waals surface area (Å²) in [6.07, 6.45) is 0. The largest absolute Gasteiger partial charge is 0.478 e. The number of anilines is 2. The maximum Gasteiger partial charge on any atom is 0.337 e. The second-order valence-corrected chi connectivity index (χ2v) is 5.30. The van der Waals surface area contributed by atoms with Crippen molar-refractivity contribution in [3.63, 3.8) is 0 Å². The monoisotopic (exact) mass is 256 g/mol. The minimum atomic E-state index is -1.05. The molecule has 1 atom stereocenters. The number of nitrogen functional groups attached to an aromatic ring is 1. The van der Waals surface area contributed by atoms with E-state index in [1.54, 1.807) is 12.1 Å². The van der Waals surface area contributed by atoms with Crippen LogP contribution >= 0.6 is 0 Å². The first-order valence-electron chi connectivity index (χ1n) is 5.27. The molecule has 1 aromatic carbocycles. The van der Waals surface area contributed by atoms with Crippen molar-refractivity contribution in [2.45, 2.75) is 6.92 Å². The molecule has 0 saturated heterocycles. The Kier molecular flexibility index (Phi) is 4.96. The minimum Gasteiger partial charge on any atom is -0.478 e. The molecule has 0 aliphatic rings. The van der Waals surface area contributed by atoms with Crippen LogP contribution in [0.25, 0.3) is 0 Å². The summed E-state index contributed by atoms with van der Waals surface area (Å²) in [5.41, 5.74) is 6.57. The smallest absolute Gasteiger partial charge is 0.337 e. The first-order valence-corrected chi connectivity index (χ1v) is 6.75. The van der Waals surface area contributed by atoms with Crippen LogP contribution in [0.15, 0.2) is 18.2 Å². The van der Waals surface area contributed by atoms with E-state index in [0.29, 0.717) is 23.7 Å². The number of hydrogen-bond donors (Lipinski definition) is 3. The van der Waals surface area contributed by atoms with Gasteiger partial charge in [-0.05, 0) is 12.1 Å². The zero-order valence-corrected chi connectivity index (χ0v) is 10.4. The Morgan fingerprint density at radius 2 is 2.24 bits per heavy atom. The summed E-state index contributed by atoms with van der Waals surface area (Å²) in [7, 11) is -0.841. The van der Waals surface area contributed by atoms with E-state index in [-0.39, 0.29) is 11.3 Å². The molecule has 94 valence electrons. The van der Waals surface area contributed by atoms with Crippen molar-refractivity contribution in [3.05, 3.63) is 23.8 Å². The number of aromatic carboxylic acids is 1. The van der Waals surface area contributed by atoms with Gasteiger partial charge in [0.25, 0.3) is 0 Å². The van der Waals surface area contributed by atoms with Gasteiger partial charge in [-0.3, -0.25) is 4.21 Å². The van der Waals surface area contributed by atoms with E-state index >= 15 is 0 Å². The number of hydrogen-bond acceptors (Lipinski definition) is 4. The summed E-state index contributed by atoms with van der Waals surface area (Å²) in [5.74, 6) is 0.0859. The third-order valence-electron chi connectivity index (χ3n) is 2.30. The maximum atomic E-state index is 11.2. The Bertz CT molecular complexity index is 435. The van der Waals surface area contributed by atoms with Gasteiger partial charge in [0.05, 0.1) is 16.9 Å². The van der Waals surface area contributed by atoms with Crippen LogP contribution in [0.1, 0.15) is 17.3 Å². The predicted molar refractivity (Wildman–Crippen MR) is 69.9 cm³/mol. The molecule has 0 fully saturated rings. The number of benzene rings is 1. The molecule has 0 aromatic heterocycles. The van der Waals surface area contributed by atoms with E-state index in [2.05, 4.69) is 5.32 Å². The van der Waals surface area contributed by atoms with Gasteiger partial charge in [0.2, 0.25) is 0 Å². The summed E-state index contributed by atoms with van der Waals surface area (Å²) in [5, 5.41) is 11.9. The Morgan fingerprint density at radius 1 is 1.53 bits per heavy atom. The van der Waals surface area contributed by atoms with Crippen LogP contribution in [0.2, 0.25) is 0 Å². The van der Waals surface area contributed by atoms with Crippen LogP contribution in [-0.2, 0) is 10.8 Å². The molecule has 0 amide bonds. The van der Waals surface area contributed by atoms with E-state index in [0.717, 1.165) is 0 Å². The Balaban J connectivity index is 2.69. The number of nitrogens with one attached hydrogen (secondary N) is 1. The number of nitrogens with two attached hydrogens (primary N) is 1. The number of rotatable bonds is 6. The van der Waals surface area contributed by atoms with Crippen LogP contribution in [0.3, 0.4) is 0 Å². The molecule has 0 aliphatic carbocycles. The fourth-order valence-electron chi connectivity index (χ4n) is 1.35. The second-order valence-electron chi connectivity index (χ2n) is 3.43. The molecule has 0 radical (unpaired) electrons. The van der Waals surface area contributed by atoms with Gasteiger partial charge in [-0.15, -0.1) is 0 Å². The van der Waals surface area contributed by atoms with Gasteiger partial charge < -0.3 is 16.2 Å². The van der Waals surface area contributed by atoms with Gasteiger partial charge in [0.15, 0.2) is 0 Å². The van der Waals surface area contributed by atoms with Crippen LogP contribution in [0.4, 0.5) is 11.4 Å². The quantitative estimate of drug-likeness (QED) is 0.664. The zero-order valence-electron chi connectivity index (χ0n) is 9.60. The molecule has 0 aliphatic heterocycles. The Hall–Kier alpha value is -1.56. The Morgan fingerprint density at radius 3 is 2.82 bits per heavy atom. The van der Waals surface area contributed by atoms with Crippen molar-refractivity contribution in [1.29, 1.82) is 0 Å². The van der Waals surface area contributed by atoms with E-state index in [1.807, 2.05) is 6.92 Å². The molecule has 4 N–H and O–H groups in total. The van der Waals surface area contributed by atoms with Gasteiger partial charge in [-0.25, -0.2) is 4.79 Å². The maximum absolute atomic E-state index is 11.2. The van der Waals surface area contributed by atoms with E-state index in [9.17, 15) is 9.00 Å². The lowest BCUT2D eigenvalue weighted by atomic mass is 10.1. The molecule has 1 aromatic rings. The summed E-state index contributed by atoms with van der Waals surface area (Å²) < 4.78 is 11.2. The molecule has 0 spiro atoms. The summed E-state index contributed by atoms with van der Waals surface area (Å²) in [4.78, 5) is 10.8. The lowest BCUT2D eigenvalue weighted by Gasteiger charge is -2.10. The van der Waals surface area contributed by atoms with Gasteiger partial charge in [-0.2, -0.15) is 0 Å². The molecule has 0 heterocycles. The predicted octanol–water partition coefficient (Wildman–Crippen LogP) is 1.15. The second kappa shape index (κ2) is 6.24. The van der Waals surface area contributed by atoms with Gasteiger partial charge in [-0.1, -0.05) is 13.0 Å². The zero-order chi connectivity index (χ0) is 12.8. The standard InChI is InChI=1S/C11H16N2O3S/c1-2-17(16)7-6-13-9-5-3-4-8(10(9)12)11(14)15/h3-5,13H,2,6-7,12H2,1H3,(H,14,15). The summed E-state index contributed by atoms with van der Waals surface area (Å²) >= 11 is 0. The fraction of sp³-hybridized carbons (Fsp3) is 0.364. The average molecular weight is 256 g/mol. The molecular formula is C11H16N2O3S. The Labute approximate surface area is 102 Å². The molecule has 0 saturated carbocycles. The van der Waals surface area contributed by atoms with Crippen molar-refractivity contribution in [2.24, 2.45) is 0 Å². The third kappa shape index (κ3) is 3.74. The normalized spacial score (nSPS) is 12.1. The highest BCUT2D eigenvalue weighted by molar-refractivity contribution is 7.84. The number of carboxylic acids is 1. The molecule has 6 heteroatoms. The van der Waals surface area contributed by atoms with Crippen molar-refractivity contribution in [2.75, 3.05) is 29.1 Å². The van der Waals surface area contributed by atoms with Gasteiger partial charge in [0, 0.05) is 28.9 Å². The fourth-order valence-corrected chi connectivity index (χ4v) is 1.97. The average Bonchev–Trinajstić information content (AvgIpc) is 2.30. The number of carbonyl (C=O) groups is 1. The van der Waals surface area contributed by atoms with Crippen molar-refractivity contribution in [1.82, 2.24) is 0 Å². The van der Waals surface area contributed by atoms with Crippen LogP contribution in [-0.4, -0.2) is 33.3 Å². The highest BCUT2D eigenvalue weighted by Crippen LogP contribution is 2.22. The van der Waals surface area contributed by atoms with E-state index < -0.39 is 16.8 Å². The third-order valence-corrected chi connectivity index (χ3v) is 3.61. The molecule has 5 nitrogen and oxygen atoms in total. The lowest BCUT2D eigenvalue weighted by molar-refractivity contribution is 0.0698. The van der Waals surface area contributed by atoms with Crippen LogP contribution in [0, 0.1) is 0 Å². The summed E-state index contributed by atoms with van der Waals surface area (Å²) in [6.45, 7) is 2.36. The summed E-state index contributed by atoms with van der Waals surface area (Å²) in [6, 6.07) is 4.78. The van der Waals surface area contributed by atoms with Gasteiger partial charge in [0.1, 0.15) is 0 Å². The number of carboxylic acid groups (broad SMARTS) is 1. The van der Waals surface area contributed by atoms with Gasteiger partial charge >= 0.3 is 5.97 Å². The molecule has 1 rings (SSSR count). The molecular weight excluding hydrogens is 240 g/mol. The SMILES string of the molecule is CCS(=O)CCNc1cccc(C(=O)O)c1N. The molecule has 0 bridgehead atoms. The molecule has 1 unspecified atom stereocenters. The van der Waals surface area contributed by atoms with Crippen LogP contribution in [0.5, 0.6) is 0 Å². The topological polar surface area (TPSA) is 92.4 Å². The van der Waals surface area contributed by atoms with Crippen molar-refractivity contribution in [3.8, 4) is 0 Å². The highest BCUT2D eigenvalue weighted by atomic mass is 32.2. The van der Waals surface area contributed by atoms with Crippen LogP contribution < -0.4 is 11.1 Å². The first-order chi connectivity index (χ1) is 8.06. The molecule has 17 heavy (non-hydrogen) atoms. The number of para-hydroxylation sites is 1. The van der Waals surface area contributed by atoms with E-state index in [4.69, 9.17) is 10.8 Å².